The first-order valence-electron chi connectivity index (χ1n) is 10.1. The molecule has 3 rings (SSSR count). The molecule has 28 heavy (non-hydrogen) atoms. The van der Waals surface area contributed by atoms with Gasteiger partial charge < -0.3 is 10.2 Å². The summed E-state index contributed by atoms with van der Waals surface area (Å²) in [5.74, 6) is 0.628. The fourth-order valence-electron chi connectivity index (χ4n) is 3.69. The van der Waals surface area contributed by atoms with Gasteiger partial charge in [0.2, 0.25) is 5.91 Å². The highest BCUT2D eigenvalue weighted by atomic mass is 19.1. The third-order valence-electron chi connectivity index (χ3n) is 5.53. The van der Waals surface area contributed by atoms with Gasteiger partial charge in [-0.25, -0.2) is 9.07 Å². The topological polar surface area (TPSA) is 50.2 Å². The summed E-state index contributed by atoms with van der Waals surface area (Å²) in [6, 6.07) is 9.43. The molecule has 1 aliphatic heterocycles. The number of hydrogen-bond donors (Lipinski definition) is 1. The molecule has 1 aromatic carbocycles. The molecule has 2 aromatic rings. The minimum absolute atomic E-state index is 0.00908. The first-order valence-corrected chi connectivity index (χ1v) is 10.1. The minimum atomic E-state index is -0.444. The van der Waals surface area contributed by atoms with Crippen LogP contribution in [0.15, 0.2) is 36.5 Å². The zero-order valence-electron chi connectivity index (χ0n) is 17.3. The summed E-state index contributed by atoms with van der Waals surface area (Å²) in [7, 11) is 0. The van der Waals surface area contributed by atoms with Gasteiger partial charge in [0.25, 0.3) is 0 Å². The molecule has 0 spiro atoms. The second kappa shape index (κ2) is 8.43. The van der Waals surface area contributed by atoms with E-state index in [1.54, 1.807) is 12.3 Å². The molecule has 6 heteroatoms. The Labute approximate surface area is 166 Å². The van der Waals surface area contributed by atoms with Crippen molar-refractivity contribution in [3.63, 3.8) is 0 Å². The van der Waals surface area contributed by atoms with E-state index in [1.165, 1.54) is 6.07 Å². The maximum absolute atomic E-state index is 13.9. The standard InChI is InChI=1S/C22H31FN4O/c1-16(15-17-7-5-6-8-19(17)23)26-13-10-18(11-14-26)27-20(9-12-24-27)25-21(28)22(2,3)4/h5-9,12,16,18H,10-11,13-15H2,1-4H3,(H,25,28)/t16-/m1/s1. The Kier molecular flexibility index (Phi) is 6.18. The number of nitrogens with zero attached hydrogens (tertiary/aromatic N) is 3. The van der Waals surface area contributed by atoms with Crippen molar-refractivity contribution in [3.8, 4) is 0 Å². The van der Waals surface area contributed by atoms with Crippen LogP contribution in [-0.4, -0.2) is 39.7 Å². The summed E-state index contributed by atoms with van der Waals surface area (Å²) in [6.07, 6.45) is 4.38. The van der Waals surface area contributed by atoms with Crippen LogP contribution in [0.1, 0.15) is 52.1 Å². The summed E-state index contributed by atoms with van der Waals surface area (Å²) in [6.45, 7) is 9.74. The fraction of sp³-hybridized carbons (Fsp3) is 0.545. The number of rotatable bonds is 5. The molecule has 1 atom stereocenters. The molecule has 1 N–H and O–H groups in total. The third-order valence-corrected chi connectivity index (χ3v) is 5.53. The Morgan fingerprint density at radius 1 is 1.25 bits per heavy atom. The summed E-state index contributed by atoms with van der Waals surface area (Å²) < 4.78 is 15.9. The molecule has 0 unspecified atom stereocenters. The number of hydrogen-bond acceptors (Lipinski definition) is 3. The highest BCUT2D eigenvalue weighted by Crippen LogP contribution is 2.28. The molecule has 0 saturated carbocycles. The van der Waals surface area contributed by atoms with E-state index in [0.717, 1.165) is 37.3 Å². The van der Waals surface area contributed by atoms with Gasteiger partial charge >= 0.3 is 0 Å². The van der Waals surface area contributed by atoms with Crippen LogP contribution in [0.4, 0.5) is 10.2 Å². The largest absolute Gasteiger partial charge is 0.310 e. The maximum Gasteiger partial charge on any atom is 0.230 e. The van der Waals surface area contributed by atoms with Crippen molar-refractivity contribution in [1.29, 1.82) is 0 Å². The molecule has 1 fully saturated rings. The van der Waals surface area contributed by atoms with Crippen LogP contribution in [0.2, 0.25) is 0 Å². The average molecular weight is 387 g/mol. The third kappa shape index (κ3) is 4.79. The number of benzene rings is 1. The van der Waals surface area contributed by atoms with Gasteiger partial charge in [0.15, 0.2) is 0 Å². The molecule has 0 bridgehead atoms. The second-order valence-corrected chi connectivity index (χ2v) is 8.78. The number of aromatic nitrogens is 2. The Bertz CT molecular complexity index is 803. The van der Waals surface area contributed by atoms with E-state index in [0.29, 0.717) is 6.42 Å². The van der Waals surface area contributed by atoms with Crippen LogP contribution in [-0.2, 0) is 11.2 Å². The maximum atomic E-state index is 13.9. The number of likely N-dealkylation sites (tertiary alicyclic amines) is 1. The number of amides is 1. The van der Waals surface area contributed by atoms with Gasteiger partial charge in [0.05, 0.1) is 12.2 Å². The van der Waals surface area contributed by atoms with Gasteiger partial charge in [-0.15, -0.1) is 0 Å². The van der Waals surface area contributed by atoms with Crippen LogP contribution >= 0.6 is 0 Å². The summed E-state index contributed by atoms with van der Waals surface area (Å²) in [4.78, 5) is 14.7. The smallest absolute Gasteiger partial charge is 0.230 e. The van der Waals surface area contributed by atoms with Crippen molar-refractivity contribution < 1.29 is 9.18 Å². The Hall–Kier alpha value is -2.21. The lowest BCUT2D eigenvalue weighted by Gasteiger charge is -2.36. The van der Waals surface area contributed by atoms with E-state index < -0.39 is 5.41 Å². The highest BCUT2D eigenvalue weighted by Gasteiger charge is 2.27. The van der Waals surface area contributed by atoms with E-state index in [1.807, 2.05) is 43.7 Å². The van der Waals surface area contributed by atoms with Crippen molar-refractivity contribution in [1.82, 2.24) is 14.7 Å². The monoisotopic (exact) mass is 386 g/mol. The van der Waals surface area contributed by atoms with Crippen LogP contribution in [0.5, 0.6) is 0 Å². The predicted molar refractivity (Wildman–Crippen MR) is 110 cm³/mol. The van der Waals surface area contributed by atoms with E-state index in [9.17, 15) is 9.18 Å². The summed E-state index contributed by atoms with van der Waals surface area (Å²) in [5, 5.41) is 7.46. The lowest BCUT2D eigenvalue weighted by atomic mass is 9.96. The summed E-state index contributed by atoms with van der Waals surface area (Å²) >= 11 is 0. The van der Waals surface area contributed by atoms with Crippen LogP contribution < -0.4 is 5.32 Å². The number of carbonyl (C=O) groups excluding carboxylic acids is 1. The van der Waals surface area contributed by atoms with E-state index >= 15 is 0 Å². The zero-order valence-corrected chi connectivity index (χ0v) is 17.3. The molecular weight excluding hydrogens is 355 g/mol. The molecule has 0 aliphatic carbocycles. The Morgan fingerprint density at radius 2 is 1.93 bits per heavy atom. The molecule has 2 heterocycles. The van der Waals surface area contributed by atoms with Crippen molar-refractivity contribution in [3.05, 3.63) is 47.9 Å². The number of anilines is 1. The zero-order chi connectivity index (χ0) is 20.3. The van der Waals surface area contributed by atoms with E-state index in [-0.39, 0.29) is 23.8 Å². The van der Waals surface area contributed by atoms with Gasteiger partial charge in [0, 0.05) is 30.6 Å². The predicted octanol–water partition coefficient (Wildman–Crippen LogP) is 4.27. The molecule has 1 aliphatic rings. The lowest BCUT2D eigenvalue weighted by Crippen LogP contribution is -2.42. The second-order valence-electron chi connectivity index (χ2n) is 8.78. The molecule has 0 radical (unpaired) electrons. The molecule has 1 aromatic heterocycles. The number of halogens is 1. The van der Waals surface area contributed by atoms with E-state index in [2.05, 4.69) is 22.2 Å². The van der Waals surface area contributed by atoms with Crippen molar-refractivity contribution >= 4 is 11.7 Å². The van der Waals surface area contributed by atoms with Gasteiger partial charge in [-0.1, -0.05) is 39.0 Å². The molecule has 5 nitrogen and oxygen atoms in total. The Balaban J connectivity index is 1.58. The van der Waals surface area contributed by atoms with Crippen LogP contribution in [0.25, 0.3) is 0 Å². The SMILES string of the molecule is C[C@H](Cc1ccccc1F)N1CCC(n2nccc2NC(=O)C(C)(C)C)CC1. The van der Waals surface area contributed by atoms with Crippen molar-refractivity contribution in [2.75, 3.05) is 18.4 Å². The van der Waals surface area contributed by atoms with Gasteiger partial charge in [-0.3, -0.25) is 4.79 Å². The molecule has 1 amide bonds. The Morgan fingerprint density at radius 3 is 2.57 bits per heavy atom. The highest BCUT2D eigenvalue weighted by molar-refractivity contribution is 5.93. The van der Waals surface area contributed by atoms with Crippen molar-refractivity contribution in [2.24, 2.45) is 5.41 Å². The fourth-order valence-corrected chi connectivity index (χ4v) is 3.69. The quantitative estimate of drug-likeness (QED) is 0.835. The van der Waals surface area contributed by atoms with Gasteiger partial charge in [-0.05, 0) is 37.8 Å². The van der Waals surface area contributed by atoms with E-state index in [4.69, 9.17) is 0 Å². The lowest BCUT2D eigenvalue weighted by molar-refractivity contribution is -0.123. The molecular formula is C22H31FN4O. The van der Waals surface area contributed by atoms with Crippen LogP contribution in [0, 0.1) is 11.2 Å². The minimum Gasteiger partial charge on any atom is -0.310 e. The normalized spacial score (nSPS) is 17.5. The van der Waals surface area contributed by atoms with Gasteiger partial charge in [-0.2, -0.15) is 5.10 Å². The summed E-state index contributed by atoms with van der Waals surface area (Å²) in [5.41, 5.74) is 0.331. The van der Waals surface area contributed by atoms with Gasteiger partial charge in [0.1, 0.15) is 11.6 Å². The average Bonchev–Trinajstić information content (AvgIpc) is 3.11. The molecule has 152 valence electrons. The van der Waals surface area contributed by atoms with Crippen molar-refractivity contribution in [2.45, 2.75) is 59.0 Å². The first-order chi connectivity index (χ1) is 13.3. The first kappa shape index (κ1) is 20.5. The molecule has 1 saturated heterocycles. The number of nitrogens with one attached hydrogen (secondary N) is 1. The number of piperidine rings is 1. The van der Waals surface area contributed by atoms with Crippen LogP contribution in [0.3, 0.4) is 0 Å². The number of carbonyl (C=O) groups is 1.